The molecule has 80 valence electrons. The number of carboxylic acids is 1. The van der Waals surface area contributed by atoms with Crippen LogP contribution in [0.4, 0.5) is 5.69 Å². The molecular formula is C8H7ClN2O4. The highest BCUT2D eigenvalue weighted by Gasteiger charge is 2.19. The van der Waals surface area contributed by atoms with Crippen LogP contribution in [0.1, 0.15) is 18.5 Å². The Balaban J connectivity index is 3.12. The first-order chi connectivity index (χ1) is 6.93. The highest BCUT2D eigenvalue weighted by Crippen LogP contribution is 2.24. The third kappa shape index (κ3) is 2.41. The summed E-state index contributed by atoms with van der Waals surface area (Å²) in [5.74, 6) is -1.91. The van der Waals surface area contributed by atoms with Gasteiger partial charge in [0, 0.05) is 6.07 Å². The molecule has 1 heterocycles. The number of hydrogen-bond donors (Lipinski definition) is 1. The zero-order valence-electron chi connectivity index (χ0n) is 7.68. The van der Waals surface area contributed by atoms with E-state index in [0.717, 1.165) is 6.07 Å². The quantitative estimate of drug-likeness (QED) is 0.486. The first-order valence-electron chi connectivity index (χ1n) is 3.97. The third-order valence-electron chi connectivity index (χ3n) is 1.86. The van der Waals surface area contributed by atoms with E-state index in [0.29, 0.717) is 0 Å². The predicted molar refractivity (Wildman–Crippen MR) is 52.0 cm³/mol. The molecule has 6 nitrogen and oxygen atoms in total. The van der Waals surface area contributed by atoms with Gasteiger partial charge in [-0.25, -0.2) is 4.98 Å². The molecule has 1 rings (SSSR count). The number of aromatic nitrogens is 1. The minimum atomic E-state index is -1.06. The topological polar surface area (TPSA) is 93.3 Å². The van der Waals surface area contributed by atoms with Crippen LogP contribution in [-0.2, 0) is 4.79 Å². The van der Waals surface area contributed by atoms with Crippen molar-refractivity contribution >= 4 is 23.3 Å². The molecular weight excluding hydrogens is 224 g/mol. The number of rotatable bonds is 3. The van der Waals surface area contributed by atoms with Gasteiger partial charge in [-0.05, 0) is 13.0 Å². The predicted octanol–water partition coefficient (Wildman–Crippen LogP) is 1.83. The molecule has 1 atom stereocenters. The van der Waals surface area contributed by atoms with E-state index < -0.39 is 16.8 Å². The first-order valence-corrected chi connectivity index (χ1v) is 4.35. The molecule has 0 amide bonds. The first kappa shape index (κ1) is 11.4. The maximum atomic E-state index is 10.6. The van der Waals surface area contributed by atoms with Gasteiger partial charge >= 0.3 is 11.7 Å². The van der Waals surface area contributed by atoms with Gasteiger partial charge in [0.05, 0.1) is 16.5 Å². The number of carbonyl (C=O) groups is 1. The Morgan fingerprint density at radius 3 is 2.67 bits per heavy atom. The van der Waals surface area contributed by atoms with E-state index in [4.69, 9.17) is 16.7 Å². The maximum absolute atomic E-state index is 10.6. The minimum Gasteiger partial charge on any atom is -0.481 e. The van der Waals surface area contributed by atoms with E-state index in [1.807, 2.05) is 0 Å². The molecule has 0 fully saturated rings. The van der Waals surface area contributed by atoms with Gasteiger partial charge in [0.1, 0.15) is 0 Å². The molecule has 0 aliphatic rings. The molecule has 0 saturated carbocycles. The van der Waals surface area contributed by atoms with Crippen molar-refractivity contribution in [1.82, 2.24) is 4.98 Å². The van der Waals surface area contributed by atoms with Crippen molar-refractivity contribution in [2.24, 2.45) is 0 Å². The third-order valence-corrected chi connectivity index (χ3v) is 2.14. The van der Waals surface area contributed by atoms with Gasteiger partial charge in [-0.15, -0.1) is 0 Å². The van der Waals surface area contributed by atoms with Crippen LogP contribution < -0.4 is 0 Å². The van der Waals surface area contributed by atoms with Crippen LogP contribution in [0, 0.1) is 10.1 Å². The zero-order valence-corrected chi connectivity index (χ0v) is 8.43. The largest absolute Gasteiger partial charge is 0.481 e. The molecule has 0 bridgehead atoms. The Kier molecular flexibility index (Phi) is 3.21. The summed E-state index contributed by atoms with van der Waals surface area (Å²) in [6, 6.07) is 2.42. The second kappa shape index (κ2) is 4.22. The molecule has 1 unspecified atom stereocenters. The fraction of sp³-hybridized carbons (Fsp3) is 0.250. The number of pyridine rings is 1. The Bertz CT molecular complexity index is 421. The van der Waals surface area contributed by atoms with E-state index in [1.165, 1.54) is 13.0 Å². The summed E-state index contributed by atoms with van der Waals surface area (Å²) in [7, 11) is 0. The molecule has 0 radical (unpaired) electrons. The van der Waals surface area contributed by atoms with Gasteiger partial charge in [0.15, 0.2) is 0 Å². The van der Waals surface area contributed by atoms with Gasteiger partial charge in [-0.2, -0.15) is 0 Å². The number of aliphatic carboxylic acids is 1. The van der Waals surface area contributed by atoms with Crippen LogP contribution in [0.15, 0.2) is 12.1 Å². The Labute approximate surface area is 89.7 Å². The number of nitrogens with zero attached hydrogens (tertiary/aromatic N) is 2. The van der Waals surface area contributed by atoms with E-state index in [9.17, 15) is 14.9 Å². The lowest BCUT2D eigenvalue weighted by Crippen LogP contribution is -2.09. The van der Waals surface area contributed by atoms with Gasteiger partial charge in [-0.1, -0.05) is 11.6 Å². The lowest BCUT2D eigenvalue weighted by atomic mass is 10.1. The van der Waals surface area contributed by atoms with E-state index in [-0.39, 0.29) is 16.5 Å². The second-order valence-corrected chi connectivity index (χ2v) is 3.22. The Hall–Kier alpha value is -1.69. The number of hydrogen-bond acceptors (Lipinski definition) is 4. The molecule has 7 heteroatoms. The van der Waals surface area contributed by atoms with Crippen LogP contribution in [0.25, 0.3) is 0 Å². The number of nitro groups is 1. The lowest BCUT2D eigenvalue weighted by molar-refractivity contribution is -0.385. The van der Waals surface area contributed by atoms with Crippen LogP contribution in [0.5, 0.6) is 0 Å². The summed E-state index contributed by atoms with van der Waals surface area (Å²) >= 11 is 5.53. The monoisotopic (exact) mass is 230 g/mol. The van der Waals surface area contributed by atoms with E-state index in [1.54, 1.807) is 0 Å². The van der Waals surface area contributed by atoms with Gasteiger partial charge < -0.3 is 5.11 Å². The van der Waals surface area contributed by atoms with Crippen molar-refractivity contribution in [3.05, 3.63) is 33.1 Å². The highest BCUT2D eigenvalue weighted by atomic mass is 35.5. The molecule has 0 spiro atoms. The molecule has 0 aromatic carbocycles. The van der Waals surface area contributed by atoms with Crippen LogP contribution >= 0.6 is 11.6 Å². The lowest BCUT2D eigenvalue weighted by Gasteiger charge is -2.05. The second-order valence-electron chi connectivity index (χ2n) is 2.86. The van der Waals surface area contributed by atoms with Crippen LogP contribution in [-0.4, -0.2) is 21.0 Å². The standard InChI is InChI=1S/C8H7ClN2O4/c1-4(8(12)13)5-2-3-6(11(14)15)7(9)10-5/h2-4H,1H3,(H,12,13). The molecule has 0 aliphatic carbocycles. The van der Waals surface area contributed by atoms with Crippen LogP contribution in [0.2, 0.25) is 5.15 Å². The van der Waals surface area contributed by atoms with Crippen molar-refractivity contribution in [3.63, 3.8) is 0 Å². The van der Waals surface area contributed by atoms with Gasteiger partial charge in [-0.3, -0.25) is 14.9 Å². The molecule has 0 aliphatic heterocycles. The highest BCUT2D eigenvalue weighted by molar-refractivity contribution is 6.31. The molecule has 1 N–H and O–H groups in total. The van der Waals surface area contributed by atoms with Gasteiger partial charge in [0.2, 0.25) is 5.15 Å². The maximum Gasteiger partial charge on any atom is 0.312 e. The molecule has 15 heavy (non-hydrogen) atoms. The fourth-order valence-corrected chi connectivity index (χ4v) is 1.17. The minimum absolute atomic E-state index is 0.193. The summed E-state index contributed by atoms with van der Waals surface area (Å²) in [6.45, 7) is 1.42. The summed E-state index contributed by atoms with van der Waals surface area (Å²) in [5, 5.41) is 18.8. The van der Waals surface area contributed by atoms with Gasteiger partial charge in [0.25, 0.3) is 0 Å². The number of carboxylic acid groups (broad SMARTS) is 1. The molecule has 1 aromatic rings. The van der Waals surface area contributed by atoms with Crippen LogP contribution in [0.3, 0.4) is 0 Å². The average molecular weight is 231 g/mol. The summed E-state index contributed by atoms with van der Waals surface area (Å²) < 4.78 is 0. The van der Waals surface area contributed by atoms with E-state index in [2.05, 4.69) is 4.98 Å². The Morgan fingerprint density at radius 1 is 1.67 bits per heavy atom. The average Bonchev–Trinajstić information content (AvgIpc) is 2.15. The number of halogens is 1. The normalized spacial score (nSPS) is 12.1. The smallest absolute Gasteiger partial charge is 0.312 e. The van der Waals surface area contributed by atoms with E-state index >= 15 is 0 Å². The summed E-state index contributed by atoms with van der Waals surface area (Å²) in [4.78, 5) is 24.0. The fourth-order valence-electron chi connectivity index (χ4n) is 0.945. The molecule has 1 aromatic heterocycles. The zero-order chi connectivity index (χ0) is 11.6. The van der Waals surface area contributed by atoms with Crippen molar-refractivity contribution in [3.8, 4) is 0 Å². The van der Waals surface area contributed by atoms with Crippen molar-refractivity contribution in [2.75, 3.05) is 0 Å². The van der Waals surface area contributed by atoms with Crippen molar-refractivity contribution in [2.45, 2.75) is 12.8 Å². The molecule has 0 saturated heterocycles. The summed E-state index contributed by atoms with van der Waals surface area (Å²) in [5.41, 5.74) is -0.142. The van der Waals surface area contributed by atoms with Crippen molar-refractivity contribution < 1.29 is 14.8 Å². The SMILES string of the molecule is CC(C(=O)O)c1ccc([N+](=O)[O-])c(Cl)n1. The summed E-state index contributed by atoms with van der Waals surface area (Å²) in [6.07, 6.45) is 0. The Morgan fingerprint density at radius 2 is 2.27 bits per heavy atom. The van der Waals surface area contributed by atoms with Crippen molar-refractivity contribution in [1.29, 1.82) is 0 Å².